The van der Waals surface area contributed by atoms with Gasteiger partial charge in [0.2, 0.25) is 12.3 Å². The van der Waals surface area contributed by atoms with Crippen molar-refractivity contribution in [3.8, 4) is 0 Å². The van der Waals surface area contributed by atoms with E-state index in [1.807, 2.05) is 13.8 Å². The van der Waals surface area contributed by atoms with Gasteiger partial charge in [-0.3, -0.25) is 9.59 Å². The van der Waals surface area contributed by atoms with Crippen LogP contribution in [-0.2, 0) is 9.59 Å². The highest BCUT2D eigenvalue weighted by atomic mass is 16.3. The van der Waals surface area contributed by atoms with Crippen LogP contribution in [0.2, 0.25) is 0 Å². The van der Waals surface area contributed by atoms with E-state index < -0.39 is 5.66 Å². The lowest BCUT2D eigenvalue weighted by Gasteiger charge is -2.60. The van der Waals surface area contributed by atoms with Crippen LogP contribution < -0.4 is 27.8 Å². The van der Waals surface area contributed by atoms with Gasteiger partial charge in [-0.1, -0.05) is 13.8 Å². The van der Waals surface area contributed by atoms with E-state index in [2.05, 4.69) is 24.5 Å². The molecule has 10 N–H and O–H groups in total. The maximum Gasteiger partial charge on any atom is 0.220 e. The highest BCUT2D eigenvalue weighted by molar-refractivity contribution is 5.76. The fraction of sp³-hybridized carbons (Fsp3) is 0.935. The number of carbonyl (C=O) groups excluding carboxylic acids is 2. The van der Waals surface area contributed by atoms with Gasteiger partial charge >= 0.3 is 0 Å². The molecule has 0 radical (unpaired) electrons. The zero-order chi connectivity index (χ0) is 29.7. The maximum atomic E-state index is 12.6. The van der Waals surface area contributed by atoms with Gasteiger partial charge in [-0.25, -0.2) is 0 Å². The Morgan fingerprint density at radius 3 is 2.40 bits per heavy atom. The zero-order valence-electron chi connectivity index (χ0n) is 25.5. The van der Waals surface area contributed by atoms with Gasteiger partial charge in [-0.05, 0) is 131 Å². The molecular weight excluding hydrogens is 506 g/mol. The third kappa shape index (κ3) is 8.18. The van der Waals surface area contributed by atoms with Crippen LogP contribution >= 0.6 is 0 Å². The molecule has 40 heavy (non-hydrogen) atoms. The first-order valence-corrected chi connectivity index (χ1v) is 15.9. The van der Waals surface area contributed by atoms with E-state index in [9.17, 15) is 19.8 Å². The first-order valence-electron chi connectivity index (χ1n) is 15.9. The first-order chi connectivity index (χ1) is 18.8. The van der Waals surface area contributed by atoms with Gasteiger partial charge in [0.05, 0.1) is 24.5 Å². The molecule has 11 unspecified atom stereocenters. The molecule has 11 atom stereocenters. The lowest BCUT2D eigenvalue weighted by molar-refractivity contribution is -0.158. The van der Waals surface area contributed by atoms with E-state index >= 15 is 0 Å². The Bertz CT molecular complexity index is 822. The second-order valence-electron chi connectivity index (χ2n) is 14.3. The van der Waals surface area contributed by atoms with Crippen molar-refractivity contribution in [2.45, 2.75) is 129 Å². The summed E-state index contributed by atoms with van der Waals surface area (Å²) >= 11 is 0. The van der Waals surface area contributed by atoms with Gasteiger partial charge in [0.1, 0.15) is 0 Å². The molecule has 4 aliphatic rings. The number of aliphatic hydroxyl groups excluding tert-OH is 2. The molecule has 0 spiro atoms. The molecule has 0 aliphatic heterocycles. The fourth-order valence-corrected chi connectivity index (χ4v) is 9.20. The van der Waals surface area contributed by atoms with E-state index in [4.69, 9.17) is 17.2 Å². The van der Waals surface area contributed by atoms with Crippen molar-refractivity contribution in [3.05, 3.63) is 0 Å². The van der Waals surface area contributed by atoms with Gasteiger partial charge in [0.15, 0.2) is 0 Å². The summed E-state index contributed by atoms with van der Waals surface area (Å²) in [7, 11) is 0. The van der Waals surface area contributed by atoms with Crippen LogP contribution in [0.15, 0.2) is 0 Å². The second kappa shape index (κ2) is 14.3. The number of hydrogen-bond donors (Lipinski definition) is 7. The molecule has 4 saturated carbocycles. The van der Waals surface area contributed by atoms with Crippen molar-refractivity contribution in [1.29, 1.82) is 0 Å². The third-order valence-corrected chi connectivity index (χ3v) is 11.3. The number of nitrogens with two attached hydrogens (primary N) is 3. The van der Waals surface area contributed by atoms with Gasteiger partial charge in [-0.15, -0.1) is 0 Å². The summed E-state index contributed by atoms with van der Waals surface area (Å²) < 4.78 is 0. The molecule has 9 nitrogen and oxygen atoms in total. The SMILES string of the molecule is CC(CCC(C)(N)N)NC(=O)CCC(C)C1CCC2C1CCC1C2C(O)CC2CC(O)CCC21C.NCNC=O. The van der Waals surface area contributed by atoms with Crippen molar-refractivity contribution in [2.75, 3.05) is 6.67 Å². The number of rotatable bonds is 10. The Balaban J connectivity index is 0.000000810. The van der Waals surface area contributed by atoms with E-state index in [-0.39, 0.29) is 36.2 Å². The Kier molecular flexibility index (Phi) is 11.9. The summed E-state index contributed by atoms with van der Waals surface area (Å²) in [5, 5.41) is 26.9. The van der Waals surface area contributed by atoms with E-state index in [0.717, 1.165) is 38.5 Å². The lowest BCUT2D eigenvalue weighted by atomic mass is 9.46. The monoisotopic (exact) mass is 565 g/mol. The second-order valence-corrected chi connectivity index (χ2v) is 14.3. The summed E-state index contributed by atoms with van der Waals surface area (Å²) in [6, 6.07) is 0.0919. The average Bonchev–Trinajstić information content (AvgIpc) is 3.32. The summed E-state index contributed by atoms with van der Waals surface area (Å²) in [5.74, 6) is 4.19. The van der Waals surface area contributed by atoms with Crippen LogP contribution in [-0.4, -0.2) is 53.1 Å². The number of hydrogen-bond acceptors (Lipinski definition) is 7. The van der Waals surface area contributed by atoms with Crippen LogP contribution in [0.3, 0.4) is 0 Å². The summed E-state index contributed by atoms with van der Waals surface area (Å²) in [6.07, 6.45) is 12.0. The van der Waals surface area contributed by atoms with Gasteiger partial charge in [0, 0.05) is 12.5 Å². The molecule has 4 fully saturated rings. The minimum atomic E-state index is -0.687. The summed E-state index contributed by atoms with van der Waals surface area (Å²) in [5.41, 5.74) is 16.1. The average molecular weight is 566 g/mol. The molecule has 0 heterocycles. The van der Waals surface area contributed by atoms with Crippen LogP contribution in [0.1, 0.15) is 105 Å². The van der Waals surface area contributed by atoms with Gasteiger partial charge in [-0.2, -0.15) is 0 Å². The minimum absolute atomic E-state index is 0.0919. The fourth-order valence-electron chi connectivity index (χ4n) is 9.20. The van der Waals surface area contributed by atoms with Crippen LogP contribution in [0.5, 0.6) is 0 Å². The Morgan fingerprint density at radius 1 is 1.07 bits per heavy atom. The van der Waals surface area contributed by atoms with E-state index in [1.54, 1.807) is 0 Å². The number of carbonyl (C=O) groups is 2. The van der Waals surface area contributed by atoms with Crippen LogP contribution in [0.25, 0.3) is 0 Å². The van der Waals surface area contributed by atoms with Gasteiger partial charge in [0.25, 0.3) is 0 Å². The molecule has 2 amide bonds. The van der Waals surface area contributed by atoms with Crippen molar-refractivity contribution >= 4 is 12.3 Å². The highest BCUT2D eigenvalue weighted by Gasteiger charge is 2.59. The summed E-state index contributed by atoms with van der Waals surface area (Å²) in [4.78, 5) is 21.8. The number of amides is 2. The van der Waals surface area contributed by atoms with E-state index in [1.165, 1.54) is 25.7 Å². The quantitative estimate of drug-likeness (QED) is 0.157. The molecule has 0 aromatic carbocycles. The molecule has 0 aromatic rings. The Morgan fingerprint density at radius 2 is 1.77 bits per heavy atom. The molecule has 9 heteroatoms. The molecule has 4 aliphatic carbocycles. The summed E-state index contributed by atoms with van der Waals surface area (Å²) in [6.45, 7) is 8.89. The molecule has 0 bridgehead atoms. The molecule has 0 saturated heterocycles. The third-order valence-electron chi connectivity index (χ3n) is 11.3. The first kappa shape index (κ1) is 33.2. The Hall–Kier alpha value is -1.26. The maximum absolute atomic E-state index is 12.6. The normalized spacial score (nSPS) is 38.4. The molecule has 0 aromatic heterocycles. The van der Waals surface area contributed by atoms with E-state index in [0.29, 0.717) is 60.7 Å². The van der Waals surface area contributed by atoms with Crippen molar-refractivity contribution in [3.63, 3.8) is 0 Å². The predicted octanol–water partition coefficient (Wildman–Crippen LogP) is 2.57. The van der Waals surface area contributed by atoms with Crippen LogP contribution in [0, 0.1) is 46.8 Å². The minimum Gasteiger partial charge on any atom is -0.393 e. The topological polar surface area (TPSA) is 177 Å². The zero-order valence-corrected chi connectivity index (χ0v) is 25.5. The van der Waals surface area contributed by atoms with Gasteiger partial charge < -0.3 is 38.0 Å². The highest BCUT2D eigenvalue weighted by Crippen LogP contribution is 2.64. The number of nitrogens with one attached hydrogen (secondary N) is 2. The molecule has 232 valence electrons. The number of aliphatic hydroxyl groups is 2. The van der Waals surface area contributed by atoms with Crippen LogP contribution in [0.4, 0.5) is 0 Å². The lowest BCUT2D eigenvalue weighted by Crippen LogP contribution is -2.56. The molecule has 4 rings (SSSR count). The van der Waals surface area contributed by atoms with Crippen molar-refractivity contribution < 1.29 is 19.8 Å². The standard InChI is InChI=1S/C29H53N3O3.C2H6N2O/c1-17(5-10-26(35)32-18(2)11-14-29(4,30)31)21-6-7-23-22(21)8-9-24-27(23)25(34)16-19-15-20(33)12-13-28(19,24)3;3-1-4-2-5/h17-25,27,33-34H,5-16,30-31H2,1-4H3,(H,32,35);2H,1,3H2,(H,4,5). The van der Waals surface area contributed by atoms with Crippen molar-refractivity contribution in [2.24, 2.45) is 64.0 Å². The van der Waals surface area contributed by atoms with Crippen molar-refractivity contribution in [1.82, 2.24) is 10.6 Å². The number of fused-ring (bicyclic) bond motifs is 5. The largest absolute Gasteiger partial charge is 0.393 e. The smallest absolute Gasteiger partial charge is 0.220 e. The Labute approximate surface area is 242 Å². The molecular formula is C31H59N5O4. The predicted molar refractivity (Wildman–Crippen MR) is 158 cm³/mol.